The fraction of sp³-hybridized carbons (Fsp3) is 0.455. The first-order chi connectivity index (χ1) is 8.48. The minimum Gasteiger partial charge on any atom is -0.377 e. The Morgan fingerprint density at radius 1 is 1.06 bits per heavy atom. The van der Waals surface area contributed by atoms with E-state index in [0.717, 1.165) is 12.1 Å². The molecular formula is C11H15F3O3Si. The maximum Gasteiger partial charge on any atom is 0.505 e. The lowest BCUT2D eigenvalue weighted by atomic mass is 10.2. The molecule has 0 amide bonds. The van der Waals surface area contributed by atoms with Gasteiger partial charge in [0.15, 0.2) is 17.5 Å². The molecule has 1 rings (SSSR count). The van der Waals surface area contributed by atoms with Gasteiger partial charge in [0.1, 0.15) is 0 Å². The highest BCUT2D eigenvalue weighted by atomic mass is 28.4. The molecule has 0 heterocycles. The van der Waals surface area contributed by atoms with Crippen molar-refractivity contribution in [1.29, 1.82) is 0 Å². The Morgan fingerprint density at radius 2 is 1.56 bits per heavy atom. The van der Waals surface area contributed by atoms with Crippen molar-refractivity contribution in [3.05, 3.63) is 35.1 Å². The first-order valence-corrected chi connectivity index (χ1v) is 7.29. The van der Waals surface area contributed by atoms with Crippen molar-refractivity contribution in [3.8, 4) is 0 Å². The molecule has 18 heavy (non-hydrogen) atoms. The zero-order valence-electron chi connectivity index (χ0n) is 10.4. The lowest BCUT2D eigenvalue weighted by molar-refractivity contribution is 0.103. The van der Waals surface area contributed by atoms with Crippen LogP contribution in [0.5, 0.6) is 0 Å². The highest BCUT2D eigenvalue weighted by Gasteiger charge is 2.39. The smallest absolute Gasteiger partial charge is 0.377 e. The maximum absolute atomic E-state index is 13.1. The molecule has 102 valence electrons. The van der Waals surface area contributed by atoms with Gasteiger partial charge in [-0.25, -0.2) is 13.2 Å². The van der Waals surface area contributed by atoms with E-state index in [1.54, 1.807) is 6.92 Å². The van der Waals surface area contributed by atoms with Crippen LogP contribution in [0.15, 0.2) is 12.1 Å². The monoisotopic (exact) mass is 280 g/mol. The summed E-state index contributed by atoms with van der Waals surface area (Å²) in [7, 11) is -0.195. The Labute approximate surface area is 105 Å². The molecular weight excluding hydrogens is 265 g/mol. The Morgan fingerprint density at radius 3 is 1.94 bits per heavy atom. The highest BCUT2D eigenvalue weighted by molar-refractivity contribution is 6.60. The molecule has 0 aromatic heterocycles. The van der Waals surface area contributed by atoms with Crippen molar-refractivity contribution < 1.29 is 26.4 Å². The molecule has 0 saturated carbocycles. The van der Waals surface area contributed by atoms with Gasteiger partial charge in [0, 0.05) is 26.9 Å². The molecule has 0 aliphatic heterocycles. The maximum atomic E-state index is 13.1. The zero-order valence-corrected chi connectivity index (χ0v) is 11.4. The summed E-state index contributed by atoms with van der Waals surface area (Å²) in [5.41, 5.74) is 0.232. The molecule has 0 saturated heterocycles. The molecule has 0 aliphatic carbocycles. The van der Waals surface area contributed by atoms with Crippen LogP contribution in [-0.2, 0) is 19.3 Å². The Kier molecular flexibility index (Phi) is 5.33. The van der Waals surface area contributed by atoms with Crippen LogP contribution >= 0.6 is 0 Å². The molecule has 0 atom stereocenters. The Bertz CT molecular complexity index is 388. The summed E-state index contributed by atoms with van der Waals surface area (Å²) in [5, 5.41) is 0. The van der Waals surface area contributed by atoms with Crippen molar-refractivity contribution in [2.75, 3.05) is 20.8 Å². The van der Waals surface area contributed by atoms with Gasteiger partial charge in [-0.05, 0) is 24.6 Å². The van der Waals surface area contributed by atoms with E-state index in [1.807, 2.05) is 0 Å². The van der Waals surface area contributed by atoms with Gasteiger partial charge >= 0.3 is 8.80 Å². The van der Waals surface area contributed by atoms with Crippen molar-refractivity contribution >= 4 is 8.80 Å². The molecule has 0 unspecified atom stereocenters. The van der Waals surface area contributed by atoms with E-state index in [1.165, 1.54) is 14.2 Å². The summed E-state index contributed by atoms with van der Waals surface area (Å²) in [6.07, 6.45) is 0. The number of hydrogen-bond acceptors (Lipinski definition) is 3. The second-order valence-electron chi connectivity index (χ2n) is 3.57. The second kappa shape index (κ2) is 6.33. The van der Waals surface area contributed by atoms with Gasteiger partial charge in [0.05, 0.1) is 0 Å². The van der Waals surface area contributed by atoms with E-state index >= 15 is 0 Å². The van der Waals surface area contributed by atoms with Gasteiger partial charge in [0.25, 0.3) is 0 Å². The van der Waals surface area contributed by atoms with Crippen molar-refractivity contribution in [3.63, 3.8) is 0 Å². The zero-order chi connectivity index (χ0) is 13.8. The lowest BCUT2D eigenvalue weighted by Gasteiger charge is -2.25. The van der Waals surface area contributed by atoms with Crippen molar-refractivity contribution in [1.82, 2.24) is 0 Å². The molecule has 1 aromatic rings. The van der Waals surface area contributed by atoms with Gasteiger partial charge in [-0.2, -0.15) is 0 Å². The van der Waals surface area contributed by atoms with E-state index in [9.17, 15) is 13.2 Å². The summed E-state index contributed by atoms with van der Waals surface area (Å²) >= 11 is 0. The average molecular weight is 280 g/mol. The quantitative estimate of drug-likeness (QED) is 0.592. The summed E-state index contributed by atoms with van der Waals surface area (Å²) in [6.45, 7) is 2.10. The number of halogens is 3. The topological polar surface area (TPSA) is 27.7 Å². The predicted octanol–water partition coefficient (Wildman–Crippen LogP) is 2.45. The average Bonchev–Trinajstić information content (AvgIpc) is 2.35. The minimum atomic E-state index is -3.00. The number of rotatable bonds is 6. The Balaban J connectivity index is 3.01. The van der Waals surface area contributed by atoms with Crippen LogP contribution < -0.4 is 0 Å². The molecule has 0 bridgehead atoms. The molecule has 0 aliphatic rings. The molecule has 0 N–H and O–H groups in total. The van der Waals surface area contributed by atoms with Crippen LogP contribution in [0, 0.1) is 17.5 Å². The van der Waals surface area contributed by atoms with Crippen LogP contribution in [0.4, 0.5) is 13.2 Å². The fourth-order valence-electron chi connectivity index (χ4n) is 1.58. The fourth-order valence-corrected chi connectivity index (χ4v) is 3.51. The first kappa shape index (κ1) is 15.2. The van der Waals surface area contributed by atoms with E-state index in [0.29, 0.717) is 6.61 Å². The van der Waals surface area contributed by atoms with Gasteiger partial charge in [-0.15, -0.1) is 0 Å². The highest BCUT2D eigenvalue weighted by Crippen LogP contribution is 2.19. The largest absolute Gasteiger partial charge is 0.505 e. The summed E-state index contributed by atoms with van der Waals surface area (Å²) in [5.74, 6) is -3.97. The molecule has 3 nitrogen and oxygen atoms in total. The molecule has 7 heteroatoms. The third-order valence-electron chi connectivity index (χ3n) is 2.45. The van der Waals surface area contributed by atoms with Crippen LogP contribution in [-0.4, -0.2) is 29.6 Å². The minimum absolute atomic E-state index is 0.0714. The van der Waals surface area contributed by atoms with Gasteiger partial charge in [0.2, 0.25) is 0 Å². The van der Waals surface area contributed by atoms with E-state index < -0.39 is 26.3 Å². The van der Waals surface area contributed by atoms with Crippen molar-refractivity contribution in [2.24, 2.45) is 0 Å². The molecule has 0 radical (unpaired) electrons. The van der Waals surface area contributed by atoms with E-state index in [-0.39, 0.29) is 11.6 Å². The lowest BCUT2D eigenvalue weighted by Crippen LogP contribution is -2.46. The molecule has 0 spiro atoms. The summed E-state index contributed by atoms with van der Waals surface area (Å²) < 4.78 is 54.8. The standard InChI is InChI=1S/C11H15F3O3Si/c1-4-17-18(15-2,16-3)7-8-5-9(12)11(14)10(13)6-8/h5-6H,4,7H2,1-3H3. The number of benzene rings is 1. The second-order valence-corrected chi connectivity index (χ2v) is 6.40. The van der Waals surface area contributed by atoms with E-state index in [4.69, 9.17) is 13.3 Å². The summed E-state index contributed by atoms with van der Waals surface area (Å²) in [4.78, 5) is 0. The van der Waals surface area contributed by atoms with Gasteiger partial charge in [-0.3, -0.25) is 0 Å². The van der Waals surface area contributed by atoms with Crippen LogP contribution in [0.1, 0.15) is 12.5 Å². The van der Waals surface area contributed by atoms with Gasteiger partial charge in [-0.1, -0.05) is 0 Å². The normalized spacial score (nSPS) is 11.9. The van der Waals surface area contributed by atoms with Gasteiger partial charge < -0.3 is 13.3 Å². The van der Waals surface area contributed by atoms with Crippen LogP contribution in [0.25, 0.3) is 0 Å². The molecule has 0 fully saturated rings. The third kappa shape index (κ3) is 3.32. The molecule has 1 aromatic carbocycles. The third-order valence-corrected chi connectivity index (χ3v) is 5.26. The summed E-state index contributed by atoms with van der Waals surface area (Å²) in [6, 6.07) is 1.90. The van der Waals surface area contributed by atoms with E-state index in [2.05, 4.69) is 0 Å². The Hall–Kier alpha value is -0.893. The van der Waals surface area contributed by atoms with Crippen molar-refractivity contribution in [2.45, 2.75) is 13.0 Å². The predicted molar refractivity (Wildman–Crippen MR) is 61.4 cm³/mol. The first-order valence-electron chi connectivity index (χ1n) is 5.35. The van der Waals surface area contributed by atoms with Crippen LogP contribution in [0.3, 0.4) is 0 Å². The SMILES string of the molecule is CCO[Si](Cc1cc(F)c(F)c(F)c1)(OC)OC. The number of hydrogen-bond donors (Lipinski definition) is 0. The van der Waals surface area contributed by atoms with Crippen LogP contribution in [0.2, 0.25) is 0 Å².